The minimum absolute atomic E-state index is 0.102. The Morgan fingerprint density at radius 3 is 2.26 bits per heavy atom. The quantitative estimate of drug-likeness (QED) is 0.730. The van der Waals surface area contributed by atoms with E-state index >= 15 is 0 Å². The highest BCUT2D eigenvalue weighted by molar-refractivity contribution is 5.78. The number of aromatic nitrogens is 1. The van der Waals surface area contributed by atoms with E-state index in [1.165, 1.54) is 17.7 Å². The topological polar surface area (TPSA) is 51.2 Å². The number of rotatable bonds is 8. The highest BCUT2D eigenvalue weighted by Gasteiger charge is 2.21. The Balaban J connectivity index is 1.90. The summed E-state index contributed by atoms with van der Waals surface area (Å²) in [6.07, 6.45) is -4.53. The molecule has 2 atom stereocenters. The molecule has 0 radical (unpaired) electrons. The van der Waals surface area contributed by atoms with Crippen molar-refractivity contribution in [2.24, 2.45) is 0 Å². The van der Waals surface area contributed by atoms with Gasteiger partial charge < -0.3 is 10.1 Å². The normalized spacial score (nSPS) is 13.5. The number of carbonyl (C=O) groups is 1. The monoisotopic (exact) mass is 380 g/mol. The number of amides is 1. The van der Waals surface area contributed by atoms with Crippen molar-refractivity contribution in [3.63, 3.8) is 0 Å². The molecule has 1 aromatic heterocycles. The molecule has 27 heavy (non-hydrogen) atoms. The van der Waals surface area contributed by atoms with Crippen LogP contribution in [0.5, 0.6) is 5.75 Å². The fraction of sp³-hybridized carbons (Fsp3) is 0.400. The lowest BCUT2D eigenvalue weighted by Crippen LogP contribution is -2.28. The van der Waals surface area contributed by atoms with Gasteiger partial charge in [0, 0.05) is 0 Å². The van der Waals surface area contributed by atoms with Gasteiger partial charge in [0.1, 0.15) is 5.75 Å². The molecule has 0 fully saturated rings. The molecule has 2 unspecified atom stereocenters. The molecule has 0 bridgehead atoms. The number of hydrogen-bond acceptors (Lipinski definition) is 3. The first-order chi connectivity index (χ1) is 12.8. The molecule has 0 aliphatic carbocycles. The second kappa shape index (κ2) is 9.39. The summed E-state index contributed by atoms with van der Waals surface area (Å²) < 4.78 is 41.6. The van der Waals surface area contributed by atoms with E-state index in [1.54, 1.807) is 6.92 Å². The zero-order chi connectivity index (χ0) is 20.0. The standard InChI is InChI=1S/C20H23F3N2O2/c1-12(2)15-6-4-14(5-7-15)10-18(26)25-13(3)17-9-8-16(11-24-17)27-20(23)19(21)22/h4-9,11-13,19-20H,10H2,1-3H3,(H,25,26). The van der Waals surface area contributed by atoms with Gasteiger partial charge in [0.15, 0.2) is 0 Å². The summed E-state index contributed by atoms with van der Waals surface area (Å²) in [7, 11) is 0. The third-order valence-electron chi connectivity index (χ3n) is 4.04. The number of benzene rings is 1. The average molecular weight is 380 g/mol. The Morgan fingerprint density at radius 2 is 1.74 bits per heavy atom. The molecule has 7 heteroatoms. The van der Waals surface area contributed by atoms with Gasteiger partial charge in [-0.1, -0.05) is 38.1 Å². The van der Waals surface area contributed by atoms with Crippen LogP contribution in [0.2, 0.25) is 0 Å². The molecular formula is C20H23F3N2O2. The predicted octanol–water partition coefficient (Wildman–Crippen LogP) is 4.56. The van der Waals surface area contributed by atoms with Gasteiger partial charge in [0.05, 0.1) is 24.4 Å². The van der Waals surface area contributed by atoms with Crippen molar-refractivity contribution < 1.29 is 22.7 Å². The van der Waals surface area contributed by atoms with Crippen molar-refractivity contribution in [1.29, 1.82) is 0 Å². The van der Waals surface area contributed by atoms with Crippen LogP contribution in [0.25, 0.3) is 0 Å². The summed E-state index contributed by atoms with van der Waals surface area (Å²) in [6, 6.07) is 10.3. The van der Waals surface area contributed by atoms with Crippen LogP contribution in [0.15, 0.2) is 42.6 Å². The first-order valence-electron chi connectivity index (χ1n) is 8.69. The molecule has 4 nitrogen and oxygen atoms in total. The van der Waals surface area contributed by atoms with Gasteiger partial charge in [-0.05, 0) is 36.1 Å². The third kappa shape index (κ3) is 6.27. The fourth-order valence-corrected chi connectivity index (χ4v) is 2.47. The minimum Gasteiger partial charge on any atom is -0.453 e. The van der Waals surface area contributed by atoms with E-state index in [0.29, 0.717) is 11.6 Å². The molecule has 1 heterocycles. The van der Waals surface area contributed by atoms with Gasteiger partial charge in [-0.25, -0.2) is 8.78 Å². The molecule has 146 valence electrons. The summed E-state index contributed by atoms with van der Waals surface area (Å²) in [6.45, 7) is 5.96. The van der Waals surface area contributed by atoms with Gasteiger partial charge in [-0.2, -0.15) is 4.39 Å². The summed E-state index contributed by atoms with van der Waals surface area (Å²) in [5.41, 5.74) is 2.63. The highest BCUT2D eigenvalue weighted by atomic mass is 19.3. The first-order valence-corrected chi connectivity index (χ1v) is 8.69. The SMILES string of the molecule is CC(C)c1ccc(CC(=O)NC(C)c2ccc(OC(F)C(F)F)cn2)cc1. The maximum Gasteiger partial charge on any atom is 0.304 e. The molecule has 0 aliphatic heterocycles. The third-order valence-corrected chi connectivity index (χ3v) is 4.04. The molecule has 0 saturated carbocycles. The number of nitrogens with zero attached hydrogens (tertiary/aromatic N) is 1. The first kappa shape index (κ1) is 20.7. The molecule has 0 spiro atoms. The van der Waals surface area contributed by atoms with E-state index in [2.05, 4.69) is 28.9 Å². The average Bonchev–Trinajstić information content (AvgIpc) is 2.62. The van der Waals surface area contributed by atoms with E-state index < -0.39 is 18.8 Å². The molecule has 1 N–H and O–H groups in total. The fourth-order valence-electron chi connectivity index (χ4n) is 2.47. The molecule has 1 amide bonds. The van der Waals surface area contributed by atoms with E-state index in [-0.39, 0.29) is 18.1 Å². The number of alkyl halides is 3. The van der Waals surface area contributed by atoms with Crippen molar-refractivity contribution in [1.82, 2.24) is 10.3 Å². The van der Waals surface area contributed by atoms with Crippen LogP contribution in [0.4, 0.5) is 13.2 Å². The molecule has 2 aromatic rings. The van der Waals surface area contributed by atoms with Gasteiger partial charge in [-0.3, -0.25) is 9.78 Å². The van der Waals surface area contributed by atoms with E-state index in [0.717, 1.165) is 11.8 Å². The molecule has 2 rings (SSSR count). The summed E-state index contributed by atoms with van der Waals surface area (Å²) >= 11 is 0. The van der Waals surface area contributed by atoms with Gasteiger partial charge in [0.25, 0.3) is 6.36 Å². The van der Waals surface area contributed by atoms with Gasteiger partial charge in [-0.15, -0.1) is 0 Å². The van der Waals surface area contributed by atoms with Crippen LogP contribution in [0.3, 0.4) is 0 Å². The number of halogens is 3. The van der Waals surface area contributed by atoms with Crippen molar-refractivity contribution in [3.05, 3.63) is 59.4 Å². The van der Waals surface area contributed by atoms with Crippen LogP contribution < -0.4 is 10.1 Å². The van der Waals surface area contributed by atoms with E-state index in [1.807, 2.05) is 24.3 Å². The maximum atomic E-state index is 12.9. The van der Waals surface area contributed by atoms with Crippen LogP contribution in [0, 0.1) is 0 Å². The van der Waals surface area contributed by atoms with E-state index in [4.69, 9.17) is 0 Å². The zero-order valence-electron chi connectivity index (χ0n) is 15.5. The Kier molecular flexibility index (Phi) is 7.21. The smallest absolute Gasteiger partial charge is 0.304 e. The van der Waals surface area contributed by atoms with Gasteiger partial charge >= 0.3 is 6.43 Å². The number of ether oxygens (including phenoxy) is 1. The summed E-state index contributed by atoms with van der Waals surface area (Å²) in [5.74, 6) is 0.165. The Morgan fingerprint density at radius 1 is 1.07 bits per heavy atom. The zero-order valence-corrected chi connectivity index (χ0v) is 15.5. The number of pyridine rings is 1. The maximum absolute atomic E-state index is 12.9. The summed E-state index contributed by atoms with van der Waals surface area (Å²) in [5, 5.41) is 2.82. The number of nitrogens with one attached hydrogen (secondary N) is 1. The Bertz CT molecular complexity index is 734. The molecule has 1 aromatic carbocycles. The predicted molar refractivity (Wildman–Crippen MR) is 96.6 cm³/mol. The van der Waals surface area contributed by atoms with Crippen LogP contribution in [0.1, 0.15) is 49.6 Å². The molecule has 0 aliphatic rings. The minimum atomic E-state index is -3.22. The Hall–Kier alpha value is -2.57. The van der Waals surface area contributed by atoms with Crippen LogP contribution in [-0.4, -0.2) is 23.7 Å². The molecular weight excluding hydrogens is 357 g/mol. The lowest BCUT2D eigenvalue weighted by molar-refractivity contribution is -0.121. The number of carbonyl (C=O) groups excluding carboxylic acids is 1. The second-order valence-electron chi connectivity index (χ2n) is 6.58. The number of hydrogen-bond donors (Lipinski definition) is 1. The van der Waals surface area contributed by atoms with Crippen LogP contribution in [-0.2, 0) is 11.2 Å². The largest absolute Gasteiger partial charge is 0.453 e. The van der Waals surface area contributed by atoms with Crippen molar-refractivity contribution in [2.45, 2.75) is 51.9 Å². The Labute approximate surface area is 156 Å². The van der Waals surface area contributed by atoms with Crippen molar-refractivity contribution in [3.8, 4) is 5.75 Å². The highest BCUT2D eigenvalue weighted by Crippen LogP contribution is 2.19. The van der Waals surface area contributed by atoms with E-state index in [9.17, 15) is 18.0 Å². The second-order valence-corrected chi connectivity index (χ2v) is 6.58. The lowest BCUT2D eigenvalue weighted by atomic mass is 10.0. The van der Waals surface area contributed by atoms with Crippen LogP contribution >= 0.6 is 0 Å². The van der Waals surface area contributed by atoms with Crippen molar-refractivity contribution >= 4 is 5.91 Å². The van der Waals surface area contributed by atoms with Gasteiger partial charge in [0.2, 0.25) is 5.91 Å². The molecule has 0 saturated heterocycles. The van der Waals surface area contributed by atoms with Crippen molar-refractivity contribution in [2.75, 3.05) is 0 Å². The lowest BCUT2D eigenvalue weighted by Gasteiger charge is -2.15. The summed E-state index contributed by atoms with van der Waals surface area (Å²) in [4.78, 5) is 16.2.